The van der Waals surface area contributed by atoms with Gasteiger partial charge in [0.15, 0.2) is 0 Å². The summed E-state index contributed by atoms with van der Waals surface area (Å²) in [6, 6.07) is 0.350. The summed E-state index contributed by atoms with van der Waals surface area (Å²) in [5, 5.41) is 0. The first-order valence-corrected chi connectivity index (χ1v) is 4.77. The van der Waals surface area contributed by atoms with Gasteiger partial charge in [0.05, 0.1) is 0 Å². The Labute approximate surface area is 70.8 Å². The van der Waals surface area contributed by atoms with E-state index in [1.807, 2.05) is 13.8 Å². The maximum absolute atomic E-state index is 5.63. The summed E-state index contributed by atoms with van der Waals surface area (Å²) >= 11 is 0. The standard InChI is InChI=1S/C7H16N2.C2H6/c1-7(8)6-9-4-2-3-5-9;1-2/h7H,2-6,8H2,1H3;1-2H3. The molecule has 68 valence electrons. The maximum Gasteiger partial charge on any atom is 0.0139 e. The first-order valence-electron chi connectivity index (χ1n) is 4.77. The lowest BCUT2D eigenvalue weighted by atomic mass is 10.3. The predicted molar refractivity (Wildman–Crippen MR) is 50.7 cm³/mol. The highest BCUT2D eigenvalue weighted by Gasteiger charge is 2.11. The lowest BCUT2D eigenvalue weighted by molar-refractivity contribution is 0.321. The van der Waals surface area contributed by atoms with Crippen molar-refractivity contribution in [2.75, 3.05) is 19.6 Å². The molecule has 1 fully saturated rings. The minimum Gasteiger partial charge on any atom is -0.327 e. The van der Waals surface area contributed by atoms with Crippen LogP contribution in [0.25, 0.3) is 0 Å². The molecule has 0 aliphatic carbocycles. The zero-order valence-electron chi connectivity index (χ0n) is 8.14. The Balaban J connectivity index is 0.000000461. The molecule has 0 aromatic heterocycles. The second kappa shape index (κ2) is 6.62. The van der Waals surface area contributed by atoms with Crippen LogP contribution in [0.4, 0.5) is 0 Å². The van der Waals surface area contributed by atoms with Crippen molar-refractivity contribution in [3.8, 4) is 0 Å². The molecule has 0 saturated carbocycles. The van der Waals surface area contributed by atoms with Gasteiger partial charge in [-0.2, -0.15) is 0 Å². The lowest BCUT2D eigenvalue weighted by Crippen LogP contribution is -2.33. The molecule has 1 aliphatic rings. The van der Waals surface area contributed by atoms with E-state index >= 15 is 0 Å². The van der Waals surface area contributed by atoms with Crippen molar-refractivity contribution < 1.29 is 0 Å². The first kappa shape index (κ1) is 10.9. The second-order valence-electron chi connectivity index (χ2n) is 2.98. The summed E-state index contributed by atoms with van der Waals surface area (Å²) in [6.07, 6.45) is 2.74. The van der Waals surface area contributed by atoms with Gasteiger partial charge in [-0.3, -0.25) is 0 Å². The van der Waals surface area contributed by atoms with Crippen molar-refractivity contribution in [2.45, 2.75) is 39.7 Å². The number of likely N-dealkylation sites (tertiary alicyclic amines) is 1. The van der Waals surface area contributed by atoms with Crippen LogP contribution in [0.15, 0.2) is 0 Å². The molecule has 0 bridgehead atoms. The number of rotatable bonds is 2. The number of nitrogens with zero attached hydrogens (tertiary/aromatic N) is 1. The van der Waals surface area contributed by atoms with E-state index in [0.29, 0.717) is 6.04 Å². The maximum atomic E-state index is 5.63. The van der Waals surface area contributed by atoms with Crippen LogP contribution in [0.1, 0.15) is 33.6 Å². The van der Waals surface area contributed by atoms with Gasteiger partial charge in [0.1, 0.15) is 0 Å². The fourth-order valence-corrected chi connectivity index (χ4v) is 1.37. The average molecular weight is 158 g/mol. The quantitative estimate of drug-likeness (QED) is 0.659. The molecule has 1 rings (SSSR count). The van der Waals surface area contributed by atoms with Crippen LogP contribution < -0.4 is 5.73 Å². The van der Waals surface area contributed by atoms with E-state index < -0.39 is 0 Å². The normalized spacial score (nSPS) is 20.7. The van der Waals surface area contributed by atoms with Crippen LogP contribution in [0.3, 0.4) is 0 Å². The molecule has 1 atom stereocenters. The van der Waals surface area contributed by atoms with Crippen molar-refractivity contribution in [3.63, 3.8) is 0 Å². The molecule has 11 heavy (non-hydrogen) atoms. The molecule has 1 aliphatic heterocycles. The molecule has 1 heterocycles. The molecular weight excluding hydrogens is 136 g/mol. The predicted octanol–water partition coefficient (Wildman–Crippen LogP) is 1.46. The summed E-state index contributed by atoms with van der Waals surface area (Å²) in [5.41, 5.74) is 5.63. The Morgan fingerprint density at radius 2 is 1.73 bits per heavy atom. The van der Waals surface area contributed by atoms with Gasteiger partial charge in [0, 0.05) is 12.6 Å². The third-order valence-corrected chi connectivity index (χ3v) is 1.74. The Kier molecular flexibility index (Phi) is 6.57. The minimum atomic E-state index is 0.350. The minimum absolute atomic E-state index is 0.350. The zero-order valence-corrected chi connectivity index (χ0v) is 8.14. The van der Waals surface area contributed by atoms with Gasteiger partial charge in [0.25, 0.3) is 0 Å². The van der Waals surface area contributed by atoms with E-state index in [1.54, 1.807) is 0 Å². The largest absolute Gasteiger partial charge is 0.327 e. The summed E-state index contributed by atoms with van der Waals surface area (Å²) < 4.78 is 0. The van der Waals surface area contributed by atoms with Crippen molar-refractivity contribution in [3.05, 3.63) is 0 Å². The number of hydrogen-bond acceptors (Lipinski definition) is 2. The van der Waals surface area contributed by atoms with Gasteiger partial charge < -0.3 is 10.6 Å². The summed E-state index contributed by atoms with van der Waals surface area (Å²) in [7, 11) is 0. The lowest BCUT2D eigenvalue weighted by Gasteiger charge is -2.16. The van der Waals surface area contributed by atoms with Gasteiger partial charge in [-0.15, -0.1) is 0 Å². The fourth-order valence-electron chi connectivity index (χ4n) is 1.37. The molecule has 2 N–H and O–H groups in total. The molecule has 2 heteroatoms. The van der Waals surface area contributed by atoms with Gasteiger partial charge in [-0.1, -0.05) is 13.8 Å². The number of nitrogens with two attached hydrogens (primary N) is 1. The van der Waals surface area contributed by atoms with Crippen LogP contribution in [-0.4, -0.2) is 30.6 Å². The van der Waals surface area contributed by atoms with E-state index in [0.717, 1.165) is 6.54 Å². The van der Waals surface area contributed by atoms with Gasteiger partial charge in [-0.05, 0) is 32.9 Å². The van der Waals surface area contributed by atoms with Gasteiger partial charge in [0.2, 0.25) is 0 Å². The molecule has 0 radical (unpaired) electrons. The highest BCUT2D eigenvalue weighted by Crippen LogP contribution is 2.06. The van der Waals surface area contributed by atoms with Crippen molar-refractivity contribution >= 4 is 0 Å². The Morgan fingerprint density at radius 3 is 2.09 bits per heavy atom. The average Bonchev–Trinajstić information content (AvgIpc) is 2.43. The molecule has 1 saturated heterocycles. The molecule has 0 spiro atoms. The van der Waals surface area contributed by atoms with Gasteiger partial charge in [-0.25, -0.2) is 0 Å². The topological polar surface area (TPSA) is 29.3 Å². The Morgan fingerprint density at radius 1 is 1.27 bits per heavy atom. The molecule has 1 unspecified atom stereocenters. The van der Waals surface area contributed by atoms with E-state index in [2.05, 4.69) is 11.8 Å². The SMILES string of the molecule is CC.CC(N)CN1CCCC1. The molecule has 0 aromatic rings. The first-order chi connectivity index (χ1) is 5.29. The molecular formula is C9H22N2. The fraction of sp³-hybridized carbons (Fsp3) is 1.00. The van der Waals surface area contributed by atoms with E-state index in [4.69, 9.17) is 5.73 Å². The smallest absolute Gasteiger partial charge is 0.0139 e. The second-order valence-corrected chi connectivity index (χ2v) is 2.98. The molecule has 0 aromatic carbocycles. The highest BCUT2D eigenvalue weighted by molar-refractivity contribution is 4.69. The van der Waals surface area contributed by atoms with Crippen LogP contribution in [0, 0.1) is 0 Å². The van der Waals surface area contributed by atoms with Crippen molar-refractivity contribution in [2.24, 2.45) is 5.73 Å². The van der Waals surface area contributed by atoms with E-state index in [9.17, 15) is 0 Å². The van der Waals surface area contributed by atoms with Gasteiger partial charge >= 0.3 is 0 Å². The van der Waals surface area contributed by atoms with Crippen LogP contribution in [0.5, 0.6) is 0 Å². The van der Waals surface area contributed by atoms with Crippen molar-refractivity contribution in [1.29, 1.82) is 0 Å². The van der Waals surface area contributed by atoms with E-state index in [1.165, 1.54) is 25.9 Å². The zero-order chi connectivity index (χ0) is 8.69. The third-order valence-electron chi connectivity index (χ3n) is 1.74. The van der Waals surface area contributed by atoms with E-state index in [-0.39, 0.29) is 0 Å². The highest BCUT2D eigenvalue weighted by atomic mass is 15.1. The van der Waals surface area contributed by atoms with Crippen molar-refractivity contribution in [1.82, 2.24) is 4.90 Å². The third kappa shape index (κ3) is 5.22. The molecule has 2 nitrogen and oxygen atoms in total. The Hall–Kier alpha value is -0.0800. The molecule has 0 amide bonds. The van der Waals surface area contributed by atoms with Crippen LogP contribution in [-0.2, 0) is 0 Å². The number of hydrogen-bond donors (Lipinski definition) is 1. The van der Waals surface area contributed by atoms with Crippen LogP contribution >= 0.6 is 0 Å². The summed E-state index contributed by atoms with van der Waals surface area (Å²) in [6.45, 7) is 9.68. The van der Waals surface area contributed by atoms with Crippen LogP contribution in [0.2, 0.25) is 0 Å². The summed E-state index contributed by atoms with van der Waals surface area (Å²) in [5.74, 6) is 0. The monoisotopic (exact) mass is 158 g/mol. The Bertz CT molecular complexity index is 75.6. The summed E-state index contributed by atoms with van der Waals surface area (Å²) in [4.78, 5) is 2.44.